The Kier molecular flexibility index (Phi) is 4.07. The van der Waals surface area contributed by atoms with Crippen molar-refractivity contribution < 1.29 is 9.53 Å². The molecule has 0 aromatic rings. The Hall–Kier alpha value is -0.570. The Morgan fingerprint density at radius 3 is 2.40 bits per heavy atom. The fourth-order valence-corrected chi connectivity index (χ4v) is 7.27. The first-order valence-corrected chi connectivity index (χ1v) is 10.6. The lowest BCUT2D eigenvalue weighted by Crippen LogP contribution is -2.61. The highest BCUT2D eigenvalue weighted by molar-refractivity contribution is 5.77. The molecule has 4 fully saturated rings. The van der Waals surface area contributed by atoms with E-state index < -0.39 is 0 Å². The lowest BCUT2D eigenvalue weighted by molar-refractivity contribution is -0.154. The van der Waals surface area contributed by atoms with Crippen LogP contribution < -0.4 is 5.32 Å². The summed E-state index contributed by atoms with van der Waals surface area (Å²) in [6.45, 7) is 11.6. The number of rotatable bonds is 1. The fourth-order valence-electron chi connectivity index (χ4n) is 7.27. The standard InChI is InChI=1S/C22H37NO2/c1-20(2,3)25-18-9-7-15-14-6-8-17-21(4,13-11-19(24)23-17)16(14)10-12-22(15,18)5/h14-18H,6-13H2,1-5H3,(H,23,24)/t14-,15-,16+,17?,18?,21+,22-/m0/s1. The van der Waals surface area contributed by atoms with Gasteiger partial charge in [-0.1, -0.05) is 13.8 Å². The summed E-state index contributed by atoms with van der Waals surface area (Å²) in [6.07, 6.45) is 9.93. The van der Waals surface area contributed by atoms with Gasteiger partial charge < -0.3 is 10.1 Å². The van der Waals surface area contributed by atoms with Crippen molar-refractivity contribution in [1.29, 1.82) is 0 Å². The number of ether oxygens (including phenoxy) is 1. The third-order valence-electron chi connectivity index (χ3n) is 8.50. The summed E-state index contributed by atoms with van der Waals surface area (Å²) in [6, 6.07) is 0.419. The summed E-state index contributed by atoms with van der Waals surface area (Å²) in [5.74, 6) is 2.72. The van der Waals surface area contributed by atoms with Gasteiger partial charge in [0.2, 0.25) is 5.91 Å². The molecule has 25 heavy (non-hydrogen) atoms. The number of nitrogens with one attached hydrogen (secondary N) is 1. The molecular weight excluding hydrogens is 310 g/mol. The largest absolute Gasteiger partial charge is 0.372 e. The van der Waals surface area contributed by atoms with Gasteiger partial charge in [0.15, 0.2) is 0 Å². The normalized spacial score (nSPS) is 49.8. The number of fused-ring (bicyclic) bond motifs is 5. The van der Waals surface area contributed by atoms with Crippen LogP contribution in [0.1, 0.15) is 86.0 Å². The predicted octanol–water partition coefficient (Wildman–Crippen LogP) is 4.69. The Morgan fingerprint density at radius 2 is 1.68 bits per heavy atom. The van der Waals surface area contributed by atoms with Crippen LogP contribution in [0.4, 0.5) is 0 Å². The van der Waals surface area contributed by atoms with E-state index in [1.54, 1.807) is 0 Å². The van der Waals surface area contributed by atoms with Gasteiger partial charge in [-0.25, -0.2) is 0 Å². The number of carbonyl (C=O) groups is 1. The molecule has 0 radical (unpaired) electrons. The molecule has 2 unspecified atom stereocenters. The van der Waals surface area contributed by atoms with E-state index in [1.807, 2.05) is 0 Å². The topological polar surface area (TPSA) is 38.3 Å². The predicted molar refractivity (Wildman–Crippen MR) is 100 cm³/mol. The molecule has 3 nitrogen and oxygen atoms in total. The lowest BCUT2D eigenvalue weighted by atomic mass is 9.47. The molecule has 4 rings (SSSR count). The highest BCUT2D eigenvalue weighted by Gasteiger charge is 2.60. The van der Waals surface area contributed by atoms with Gasteiger partial charge in [0.25, 0.3) is 0 Å². The monoisotopic (exact) mass is 347 g/mol. The average Bonchev–Trinajstić information content (AvgIpc) is 2.83. The molecule has 0 aromatic carbocycles. The smallest absolute Gasteiger partial charge is 0.220 e. The first-order valence-electron chi connectivity index (χ1n) is 10.6. The number of piperidine rings is 1. The molecule has 142 valence electrons. The molecule has 7 atom stereocenters. The van der Waals surface area contributed by atoms with E-state index in [0.29, 0.717) is 23.0 Å². The van der Waals surface area contributed by atoms with Crippen molar-refractivity contribution in [3.63, 3.8) is 0 Å². The number of amides is 1. The van der Waals surface area contributed by atoms with Crippen molar-refractivity contribution in [2.24, 2.45) is 28.6 Å². The van der Waals surface area contributed by atoms with E-state index in [0.717, 1.165) is 30.6 Å². The Labute approximate surface area is 153 Å². The molecule has 4 aliphatic rings. The molecule has 1 amide bonds. The van der Waals surface area contributed by atoms with Crippen LogP contribution in [-0.2, 0) is 9.53 Å². The molecule has 1 saturated heterocycles. The maximum Gasteiger partial charge on any atom is 0.220 e. The van der Waals surface area contributed by atoms with Gasteiger partial charge in [-0.3, -0.25) is 4.79 Å². The van der Waals surface area contributed by atoms with Crippen LogP contribution in [0, 0.1) is 28.6 Å². The van der Waals surface area contributed by atoms with Crippen molar-refractivity contribution >= 4 is 5.91 Å². The molecule has 1 heterocycles. The second-order valence-electron chi connectivity index (χ2n) is 10.9. The Bertz CT molecular complexity index is 553. The van der Waals surface area contributed by atoms with Gasteiger partial charge in [-0.15, -0.1) is 0 Å². The second-order valence-corrected chi connectivity index (χ2v) is 10.9. The molecule has 0 bridgehead atoms. The minimum atomic E-state index is -0.0449. The van der Waals surface area contributed by atoms with Gasteiger partial charge in [-0.05, 0) is 94.3 Å². The minimum Gasteiger partial charge on any atom is -0.372 e. The van der Waals surface area contributed by atoms with Crippen molar-refractivity contribution in [1.82, 2.24) is 5.32 Å². The van der Waals surface area contributed by atoms with Gasteiger partial charge >= 0.3 is 0 Å². The lowest BCUT2D eigenvalue weighted by Gasteiger charge is -2.60. The summed E-state index contributed by atoms with van der Waals surface area (Å²) in [5, 5.41) is 3.34. The van der Waals surface area contributed by atoms with Crippen LogP contribution in [0.3, 0.4) is 0 Å². The zero-order chi connectivity index (χ0) is 18.0. The number of carbonyl (C=O) groups excluding carboxylic acids is 1. The molecule has 1 aliphatic heterocycles. The van der Waals surface area contributed by atoms with Gasteiger partial charge in [0, 0.05) is 12.5 Å². The third kappa shape index (κ3) is 2.76. The summed E-state index contributed by atoms with van der Waals surface area (Å²) < 4.78 is 6.54. The van der Waals surface area contributed by atoms with Crippen LogP contribution in [0.5, 0.6) is 0 Å². The maximum absolute atomic E-state index is 11.9. The van der Waals surface area contributed by atoms with E-state index in [9.17, 15) is 4.79 Å². The van der Waals surface area contributed by atoms with E-state index >= 15 is 0 Å². The third-order valence-corrected chi connectivity index (χ3v) is 8.50. The summed E-state index contributed by atoms with van der Waals surface area (Å²) >= 11 is 0. The maximum atomic E-state index is 11.9. The van der Waals surface area contributed by atoms with Gasteiger partial charge in [0.05, 0.1) is 11.7 Å². The van der Waals surface area contributed by atoms with Crippen molar-refractivity contribution in [3.05, 3.63) is 0 Å². The molecule has 0 aromatic heterocycles. The molecule has 0 spiro atoms. The van der Waals surface area contributed by atoms with E-state index in [-0.39, 0.29) is 11.5 Å². The zero-order valence-electron chi connectivity index (χ0n) is 16.9. The van der Waals surface area contributed by atoms with E-state index in [1.165, 1.54) is 38.5 Å². The Morgan fingerprint density at radius 1 is 0.960 bits per heavy atom. The fraction of sp³-hybridized carbons (Fsp3) is 0.955. The highest BCUT2D eigenvalue weighted by Crippen LogP contribution is 2.64. The van der Waals surface area contributed by atoms with Gasteiger partial charge in [0.1, 0.15) is 0 Å². The molecule has 3 saturated carbocycles. The first kappa shape index (κ1) is 17.8. The quantitative estimate of drug-likeness (QED) is 0.747. The van der Waals surface area contributed by atoms with Crippen LogP contribution in [0.15, 0.2) is 0 Å². The highest BCUT2D eigenvalue weighted by atomic mass is 16.5. The van der Waals surface area contributed by atoms with Crippen molar-refractivity contribution in [3.8, 4) is 0 Å². The summed E-state index contributed by atoms with van der Waals surface area (Å²) in [5.41, 5.74) is 0.632. The SMILES string of the molecule is CC(C)(C)OC1CC[C@H]2[C@@H]3CCC4NC(=O)CC[C@]4(C)[C@@H]3CC[C@]12C. The van der Waals surface area contributed by atoms with Crippen LogP contribution in [0.25, 0.3) is 0 Å². The second kappa shape index (κ2) is 5.71. The van der Waals surface area contributed by atoms with Crippen molar-refractivity contribution in [2.75, 3.05) is 0 Å². The summed E-state index contributed by atoms with van der Waals surface area (Å²) in [4.78, 5) is 11.9. The van der Waals surface area contributed by atoms with Gasteiger partial charge in [-0.2, -0.15) is 0 Å². The molecule has 1 N–H and O–H groups in total. The molecule has 3 aliphatic carbocycles. The van der Waals surface area contributed by atoms with Crippen LogP contribution >= 0.6 is 0 Å². The molecular formula is C22H37NO2. The van der Waals surface area contributed by atoms with Crippen molar-refractivity contribution in [2.45, 2.75) is 104 Å². The zero-order valence-corrected chi connectivity index (χ0v) is 16.9. The molecule has 3 heteroatoms. The number of hydrogen-bond donors (Lipinski definition) is 1. The van der Waals surface area contributed by atoms with E-state index in [4.69, 9.17) is 4.74 Å². The van der Waals surface area contributed by atoms with Crippen LogP contribution in [-0.4, -0.2) is 23.7 Å². The Balaban J connectivity index is 1.57. The van der Waals surface area contributed by atoms with Crippen LogP contribution in [0.2, 0.25) is 0 Å². The number of hydrogen-bond acceptors (Lipinski definition) is 2. The summed E-state index contributed by atoms with van der Waals surface area (Å²) in [7, 11) is 0. The minimum absolute atomic E-state index is 0.0449. The first-order chi connectivity index (χ1) is 11.6. The average molecular weight is 348 g/mol. The van der Waals surface area contributed by atoms with E-state index in [2.05, 4.69) is 39.9 Å².